The Morgan fingerprint density at radius 2 is 1.88 bits per heavy atom. The first-order chi connectivity index (χ1) is 15.8. The average molecular weight is 428 g/mol. The minimum absolute atomic E-state index is 0.0456. The highest BCUT2D eigenvalue weighted by molar-refractivity contribution is 5.92. The summed E-state index contributed by atoms with van der Waals surface area (Å²) in [5.74, 6) is 1.94. The van der Waals surface area contributed by atoms with Gasteiger partial charge >= 0.3 is 0 Å². The zero-order valence-electron chi connectivity index (χ0n) is 17.8. The second-order valence-corrected chi connectivity index (χ2v) is 8.39. The fourth-order valence-corrected chi connectivity index (χ4v) is 4.41. The third kappa shape index (κ3) is 4.51. The number of carbonyl (C=O) groups excluding carboxylic acids is 1. The molecule has 1 aliphatic rings. The van der Waals surface area contributed by atoms with Crippen molar-refractivity contribution in [3.05, 3.63) is 72.5 Å². The van der Waals surface area contributed by atoms with Gasteiger partial charge < -0.3 is 9.73 Å². The molecule has 5 rings (SSSR count). The van der Waals surface area contributed by atoms with Crippen molar-refractivity contribution in [3.63, 3.8) is 0 Å². The van der Waals surface area contributed by atoms with Gasteiger partial charge in [0.25, 0.3) is 5.89 Å². The Kier molecular flexibility index (Phi) is 5.87. The van der Waals surface area contributed by atoms with E-state index >= 15 is 0 Å². The predicted molar refractivity (Wildman–Crippen MR) is 121 cm³/mol. The van der Waals surface area contributed by atoms with Crippen molar-refractivity contribution in [1.29, 1.82) is 0 Å². The summed E-state index contributed by atoms with van der Waals surface area (Å²) in [6, 6.07) is 13.8. The predicted octanol–water partition coefficient (Wildman–Crippen LogP) is 4.31. The minimum Gasteiger partial charge on any atom is -0.419 e. The molecule has 1 aromatic carbocycles. The molecule has 7 nitrogen and oxygen atoms in total. The van der Waals surface area contributed by atoms with Crippen LogP contribution in [0.4, 0.5) is 0 Å². The summed E-state index contributed by atoms with van der Waals surface area (Å²) in [4.78, 5) is 20.7. The molecular formula is C25H25N5O2. The summed E-state index contributed by atoms with van der Waals surface area (Å²) >= 11 is 0. The van der Waals surface area contributed by atoms with Gasteiger partial charge in [-0.15, -0.1) is 10.2 Å². The largest absolute Gasteiger partial charge is 0.419 e. The summed E-state index contributed by atoms with van der Waals surface area (Å²) < 4.78 is 6.06. The van der Waals surface area contributed by atoms with Crippen LogP contribution in [0.15, 0.2) is 65.5 Å². The van der Waals surface area contributed by atoms with Crippen LogP contribution in [-0.4, -0.2) is 32.6 Å². The topological polar surface area (TPSA) is 93.8 Å². The second-order valence-electron chi connectivity index (χ2n) is 8.39. The number of amides is 1. The molecule has 32 heavy (non-hydrogen) atoms. The number of rotatable bonds is 6. The smallest absolute Gasteiger partial charge is 0.266 e. The number of pyridine rings is 2. The lowest BCUT2D eigenvalue weighted by atomic mass is 9.82. The molecule has 3 heterocycles. The maximum Gasteiger partial charge on any atom is 0.266 e. The summed E-state index contributed by atoms with van der Waals surface area (Å²) in [7, 11) is 0. The Morgan fingerprint density at radius 3 is 2.72 bits per heavy atom. The normalized spacial score (nSPS) is 18.5. The van der Waals surface area contributed by atoms with Crippen LogP contribution in [-0.2, 0) is 11.2 Å². The summed E-state index contributed by atoms with van der Waals surface area (Å²) in [6.07, 6.45) is 9.61. The maximum atomic E-state index is 12.2. The van der Waals surface area contributed by atoms with Crippen molar-refractivity contribution in [3.8, 4) is 11.6 Å². The van der Waals surface area contributed by atoms with Gasteiger partial charge in [-0.1, -0.05) is 30.3 Å². The van der Waals surface area contributed by atoms with E-state index in [-0.39, 0.29) is 11.8 Å². The van der Waals surface area contributed by atoms with Crippen LogP contribution in [0, 0.1) is 5.92 Å². The van der Waals surface area contributed by atoms with E-state index in [1.54, 1.807) is 18.6 Å². The van der Waals surface area contributed by atoms with E-state index in [1.165, 1.54) is 0 Å². The molecule has 1 saturated carbocycles. The first-order valence-corrected chi connectivity index (χ1v) is 11.1. The molecule has 1 N–H and O–H groups in total. The fraction of sp³-hybridized carbons (Fsp3) is 0.320. The van der Waals surface area contributed by atoms with E-state index in [1.807, 2.05) is 36.4 Å². The lowest BCUT2D eigenvalue weighted by Gasteiger charge is -2.26. The molecule has 0 bridgehead atoms. The molecule has 4 aromatic rings. The Morgan fingerprint density at radius 1 is 1.00 bits per heavy atom. The number of hydrogen-bond donors (Lipinski definition) is 1. The van der Waals surface area contributed by atoms with Gasteiger partial charge in [0, 0.05) is 36.4 Å². The first-order valence-electron chi connectivity index (χ1n) is 11.1. The van der Waals surface area contributed by atoms with Gasteiger partial charge in [-0.3, -0.25) is 14.8 Å². The zero-order valence-corrected chi connectivity index (χ0v) is 17.8. The molecule has 1 aliphatic carbocycles. The molecule has 0 saturated heterocycles. The molecule has 7 heteroatoms. The van der Waals surface area contributed by atoms with E-state index in [0.29, 0.717) is 30.7 Å². The van der Waals surface area contributed by atoms with Crippen LogP contribution >= 0.6 is 0 Å². The number of aromatic nitrogens is 4. The van der Waals surface area contributed by atoms with Crippen LogP contribution < -0.4 is 5.32 Å². The van der Waals surface area contributed by atoms with Gasteiger partial charge in [0.15, 0.2) is 0 Å². The summed E-state index contributed by atoms with van der Waals surface area (Å²) in [5.41, 5.74) is 1.66. The lowest BCUT2D eigenvalue weighted by molar-refractivity contribution is -0.120. The van der Waals surface area contributed by atoms with E-state index in [4.69, 9.17) is 4.42 Å². The Bertz CT molecular complexity index is 1190. The monoisotopic (exact) mass is 427 g/mol. The SMILES string of the molecule is O=C(Cc1cccnc1)NCC1CCC(c2nnc(-c3nccc4ccccc34)o2)CC1. The molecule has 162 valence electrons. The molecule has 0 unspecified atom stereocenters. The fourth-order valence-electron chi connectivity index (χ4n) is 4.41. The second kappa shape index (κ2) is 9.26. The quantitative estimate of drug-likeness (QED) is 0.493. The minimum atomic E-state index is 0.0456. The van der Waals surface area contributed by atoms with E-state index in [0.717, 1.165) is 47.7 Å². The Labute approximate surface area is 186 Å². The van der Waals surface area contributed by atoms with Crippen molar-refractivity contribution in [2.45, 2.75) is 38.0 Å². The van der Waals surface area contributed by atoms with Gasteiger partial charge in [0.05, 0.1) is 6.42 Å². The van der Waals surface area contributed by atoms with Crippen molar-refractivity contribution in [2.75, 3.05) is 6.54 Å². The van der Waals surface area contributed by atoms with E-state index in [9.17, 15) is 4.79 Å². The van der Waals surface area contributed by atoms with Crippen molar-refractivity contribution >= 4 is 16.7 Å². The van der Waals surface area contributed by atoms with Crippen LogP contribution in [0.3, 0.4) is 0 Å². The Hall–Kier alpha value is -3.61. The maximum absolute atomic E-state index is 12.2. The van der Waals surface area contributed by atoms with Crippen molar-refractivity contribution in [2.24, 2.45) is 5.92 Å². The molecule has 0 aliphatic heterocycles. The summed E-state index contributed by atoms with van der Waals surface area (Å²) in [5, 5.41) is 13.8. The third-order valence-corrected chi connectivity index (χ3v) is 6.19. The van der Waals surface area contributed by atoms with Crippen molar-refractivity contribution < 1.29 is 9.21 Å². The summed E-state index contributed by atoms with van der Waals surface area (Å²) in [6.45, 7) is 0.709. The molecular weight excluding hydrogens is 402 g/mol. The van der Waals surface area contributed by atoms with E-state index < -0.39 is 0 Å². The van der Waals surface area contributed by atoms with Crippen LogP contribution in [0.2, 0.25) is 0 Å². The number of nitrogens with one attached hydrogen (secondary N) is 1. The number of hydrogen-bond acceptors (Lipinski definition) is 6. The van der Waals surface area contributed by atoms with Crippen LogP contribution in [0.25, 0.3) is 22.4 Å². The van der Waals surface area contributed by atoms with Crippen molar-refractivity contribution in [1.82, 2.24) is 25.5 Å². The molecule has 3 aromatic heterocycles. The number of benzene rings is 1. The highest BCUT2D eigenvalue weighted by Gasteiger charge is 2.27. The lowest BCUT2D eigenvalue weighted by Crippen LogP contribution is -2.32. The van der Waals surface area contributed by atoms with Crippen LogP contribution in [0.5, 0.6) is 0 Å². The standard InChI is InChI=1S/C25H25N5O2/c31-22(14-18-4-3-12-26-15-18)28-16-17-7-9-20(10-8-17)24-29-30-25(32-24)23-21-6-2-1-5-19(21)11-13-27-23/h1-6,11-13,15,17,20H,7-10,14,16H2,(H,28,31). The van der Waals surface area contributed by atoms with Gasteiger partial charge in [-0.25, -0.2) is 0 Å². The number of carbonyl (C=O) groups is 1. The number of fused-ring (bicyclic) bond motifs is 1. The molecule has 0 spiro atoms. The highest BCUT2D eigenvalue weighted by Crippen LogP contribution is 2.36. The highest BCUT2D eigenvalue weighted by atomic mass is 16.4. The van der Waals surface area contributed by atoms with Gasteiger partial charge in [-0.05, 0) is 54.7 Å². The van der Waals surface area contributed by atoms with Gasteiger partial charge in [-0.2, -0.15) is 0 Å². The molecule has 0 atom stereocenters. The van der Waals surface area contributed by atoms with E-state index in [2.05, 4.69) is 31.5 Å². The molecule has 1 fully saturated rings. The third-order valence-electron chi connectivity index (χ3n) is 6.19. The van der Waals surface area contributed by atoms with Gasteiger partial charge in [0.2, 0.25) is 11.8 Å². The van der Waals surface area contributed by atoms with Gasteiger partial charge in [0.1, 0.15) is 5.69 Å². The zero-order chi connectivity index (χ0) is 21.8. The first kappa shape index (κ1) is 20.3. The van der Waals surface area contributed by atoms with Crippen LogP contribution in [0.1, 0.15) is 43.1 Å². The average Bonchev–Trinajstić information content (AvgIpc) is 3.33. The molecule has 0 radical (unpaired) electrons. The number of nitrogens with zero attached hydrogens (tertiary/aromatic N) is 4. The molecule has 1 amide bonds. The Balaban J connectivity index is 1.16.